The van der Waals surface area contributed by atoms with Gasteiger partial charge in [0.25, 0.3) is 5.56 Å². The Labute approximate surface area is 125 Å². The predicted octanol–water partition coefficient (Wildman–Crippen LogP) is 3.03. The van der Waals surface area contributed by atoms with Gasteiger partial charge in [-0.25, -0.2) is 4.98 Å². The average molecular weight is 311 g/mol. The number of hydrogen-bond donors (Lipinski definition) is 0. The van der Waals surface area contributed by atoms with Crippen molar-refractivity contribution in [1.82, 2.24) is 14.6 Å². The van der Waals surface area contributed by atoms with Crippen molar-refractivity contribution in [1.29, 1.82) is 0 Å². The third-order valence-electron chi connectivity index (χ3n) is 2.87. The molecule has 0 radical (unpaired) electrons. The van der Waals surface area contributed by atoms with E-state index < -0.39 is 0 Å². The van der Waals surface area contributed by atoms with Crippen LogP contribution in [-0.4, -0.2) is 26.1 Å². The molecule has 0 bridgehead atoms. The third kappa shape index (κ3) is 3.46. The number of ketones is 1. The first-order valence-electron chi connectivity index (χ1n) is 6.66. The number of carbonyl (C=O) groups excluding carboxylic acids is 1. The summed E-state index contributed by atoms with van der Waals surface area (Å²) in [5.41, 5.74) is -0.288. The Balaban J connectivity index is 2.11. The van der Waals surface area contributed by atoms with E-state index in [1.54, 1.807) is 11.8 Å². The van der Waals surface area contributed by atoms with E-state index >= 15 is 0 Å². The van der Waals surface area contributed by atoms with Crippen molar-refractivity contribution in [3.63, 3.8) is 0 Å². The molecule has 0 N–H and O–H groups in total. The molecule has 5 nitrogen and oxygen atoms in total. The van der Waals surface area contributed by atoms with Gasteiger partial charge in [-0.2, -0.15) is 4.52 Å². The Bertz CT molecular complexity index is 663. The van der Waals surface area contributed by atoms with Crippen LogP contribution in [0.15, 0.2) is 15.3 Å². The molecular formula is C13H17N3O2S2. The summed E-state index contributed by atoms with van der Waals surface area (Å²) >= 11 is 3.03. The van der Waals surface area contributed by atoms with Crippen molar-refractivity contribution in [3.05, 3.63) is 22.1 Å². The second-order valence-corrected chi connectivity index (χ2v) is 6.80. The minimum Gasteiger partial charge on any atom is -0.294 e. The highest BCUT2D eigenvalue weighted by atomic mass is 32.2. The summed E-state index contributed by atoms with van der Waals surface area (Å²) in [6.07, 6.45) is 6.19. The van der Waals surface area contributed by atoms with Crippen molar-refractivity contribution >= 4 is 33.8 Å². The van der Waals surface area contributed by atoms with Crippen molar-refractivity contribution in [3.8, 4) is 0 Å². The molecule has 0 aliphatic carbocycles. The summed E-state index contributed by atoms with van der Waals surface area (Å²) in [6, 6.07) is 0. The quantitative estimate of drug-likeness (QED) is 0.447. The predicted molar refractivity (Wildman–Crippen MR) is 82.0 cm³/mol. The maximum Gasteiger partial charge on any atom is 0.286 e. The van der Waals surface area contributed by atoms with Gasteiger partial charge in [-0.05, 0) is 13.3 Å². The highest BCUT2D eigenvalue weighted by Crippen LogP contribution is 2.24. The van der Waals surface area contributed by atoms with Gasteiger partial charge in [-0.15, -0.1) is 5.10 Å². The van der Waals surface area contributed by atoms with E-state index in [1.807, 2.05) is 0 Å². The first-order chi connectivity index (χ1) is 9.63. The van der Waals surface area contributed by atoms with Crippen molar-refractivity contribution < 1.29 is 4.79 Å². The fraction of sp³-hybridized carbons (Fsp3) is 0.538. The zero-order valence-electron chi connectivity index (χ0n) is 11.6. The van der Waals surface area contributed by atoms with E-state index in [2.05, 4.69) is 17.0 Å². The lowest BCUT2D eigenvalue weighted by molar-refractivity contribution is 0.101. The molecule has 108 valence electrons. The van der Waals surface area contributed by atoms with Crippen molar-refractivity contribution in [2.24, 2.45) is 0 Å². The van der Waals surface area contributed by atoms with Crippen LogP contribution < -0.4 is 5.56 Å². The second-order valence-electron chi connectivity index (χ2n) is 4.50. The number of aromatic nitrogens is 3. The average Bonchev–Trinajstić information content (AvgIpc) is 2.82. The van der Waals surface area contributed by atoms with Crippen LogP contribution in [0.3, 0.4) is 0 Å². The SMILES string of the molecule is CCCCCCSc1nn2c(=O)c(C(C)=O)cnc2s1. The lowest BCUT2D eigenvalue weighted by atomic mass is 10.2. The minimum absolute atomic E-state index is 0.0901. The zero-order valence-corrected chi connectivity index (χ0v) is 13.2. The Morgan fingerprint density at radius 3 is 2.90 bits per heavy atom. The molecule has 0 spiro atoms. The Kier molecular flexibility index (Phi) is 5.31. The van der Waals surface area contributed by atoms with Crippen LogP contribution in [0.4, 0.5) is 0 Å². The molecule has 0 amide bonds. The van der Waals surface area contributed by atoms with Crippen molar-refractivity contribution in [2.45, 2.75) is 43.9 Å². The molecule has 0 saturated carbocycles. The molecule has 0 aliphatic heterocycles. The van der Waals surface area contributed by atoms with Crippen LogP contribution >= 0.6 is 23.1 Å². The van der Waals surface area contributed by atoms with Crippen LogP contribution in [0.5, 0.6) is 0 Å². The van der Waals surface area contributed by atoms with Crippen LogP contribution in [0.2, 0.25) is 0 Å². The molecule has 0 atom stereocenters. The molecule has 7 heteroatoms. The summed E-state index contributed by atoms with van der Waals surface area (Å²) in [4.78, 5) is 28.0. The van der Waals surface area contributed by atoms with Crippen LogP contribution in [0.1, 0.15) is 49.9 Å². The van der Waals surface area contributed by atoms with Gasteiger partial charge < -0.3 is 0 Å². The molecule has 20 heavy (non-hydrogen) atoms. The Hall–Kier alpha value is -1.21. The standard InChI is InChI=1S/C13H17N3O2S2/c1-3-4-5-6-7-19-13-15-16-11(18)10(9(2)17)8-14-12(16)20-13/h8H,3-7H2,1-2H3. The summed E-state index contributed by atoms with van der Waals surface area (Å²) in [5.74, 6) is 0.715. The summed E-state index contributed by atoms with van der Waals surface area (Å²) < 4.78 is 2.06. The van der Waals surface area contributed by atoms with E-state index in [9.17, 15) is 9.59 Å². The van der Waals surface area contributed by atoms with E-state index in [4.69, 9.17) is 0 Å². The summed E-state index contributed by atoms with van der Waals surface area (Å²) in [7, 11) is 0. The summed E-state index contributed by atoms with van der Waals surface area (Å²) in [5, 5.41) is 4.24. The largest absolute Gasteiger partial charge is 0.294 e. The van der Waals surface area contributed by atoms with Crippen LogP contribution in [-0.2, 0) is 0 Å². The van der Waals surface area contributed by atoms with Gasteiger partial charge in [0.2, 0.25) is 4.96 Å². The number of thioether (sulfide) groups is 1. The van der Waals surface area contributed by atoms with Crippen LogP contribution in [0, 0.1) is 0 Å². The van der Waals surface area contributed by atoms with Gasteiger partial charge in [0.1, 0.15) is 5.56 Å². The summed E-state index contributed by atoms with van der Waals surface area (Å²) in [6.45, 7) is 3.55. The Morgan fingerprint density at radius 1 is 1.40 bits per heavy atom. The third-order valence-corrected chi connectivity index (χ3v) is 5.01. The first kappa shape index (κ1) is 15.2. The fourth-order valence-electron chi connectivity index (χ4n) is 1.76. The maximum atomic E-state index is 12.0. The molecule has 2 aromatic rings. The molecular weight excluding hydrogens is 294 g/mol. The molecule has 2 rings (SSSR count). The number of nitrogens with zero attached hydrogens (tertiary/aromatic N) is 3. The highest BCUT2D eigenvalue weighted by Gasteiger charge is 2.13. The highest BCUT2D eigenvalue weighted by molar-refractivity contribution is 8.01. The van der Waals surface area contributed by atoms with Crippen molar-refractivity contribution in [2.75, 3.05) is 5.75 Å². The lowest BCUT2D eigenvalue weighted by Crippen LogP contribution is -2.21. The number of Topliss-reactive ketones (excluding diaryl/α,β-unsaturated/α-hetero) is 1. The van der Waals surface area contributed by atoms with E-state index in [-0.39, 0.29) is 16.9 Å². The Morgan fingerprint density at radius 2 is 2.20 bits per heavy atom. The van der Waals surface area contributed by atoms with Crippen LogP contribution in [0.25, 0.3) is 4.96 Å². The zero-order chi connectivity index (χ0) is 14.5. The number of fused-ring (bicyclic) bond motifs is 1. The van der Waals surface area contributed by atoms with E-state index in [1.165, 1.54) is 48.2 Å². The number of hydrogen-bond acceptors (Lipinski definition) is 6. The fourth-order valence-corrected chi connectivity index (χ4v) is 3.72. The molecule has 2 aromatic heterocycles. The normalized spacial score (nSPS) is 11.1. The van der Waals surface area contributed by atoms with Gasteiger partial charge in [-0.3, -0.25) is 9.59 Å². The lowest BCUT2D eigenvalue weighted by Gasteiger charge is -1.96. The van der Waals surface area contributed by atoms with Gasteiger partial charge in [-0.1, -0.05) is 49.3 Å². The number of rotatable bonds is 7. The molecule has 0 fully saturated rings. The minimum atomic E-state index is -0.378. The van der Waals surface area contributed by atoms with Gasteiger partial charge in [0, 0.05) is 11.9 Å². The smallest absolute Gasteiger partial charge is 0.286 e. The molecule has 2 heterocycles. The number of unbranched alkanes of at least 4 members (excludes halogenated alkanes) is 3. The first-order valence-corrected chi connectivity index (χ1v) is 8.46. The molecule has 0 aromatic carbocycles. The topological polar surface area (TPSA) is 64.3 Å². The molecule has 0 unspecified atom stereocenters. The molecule has 0 aliphatic rings. The van der Waals surface area contributed by atoms with E-state index in [0.29, 0.717) is 4.96 Å². The van der Waals surface area contributed by atoms with Gasteiger partial charge in [0.15, 0.2) is 10.1 Å². The number of carbonyl (C=O) groups is 1. The monoisotopic (exact) mass is 311 g/mol. The van der Waals surface area contributed by atoms with E-state index in [0.717, 1.165) is 16.5 Å². The second kappa shape index (κ2) is 6.99. The maximum absolute atomic E-state index is 12.0. The van der Waals surface area contributed by atoms with Gasteiger partial charge in [0.05, 0.1) is 0 Å². The molecule has 0 saturated heterocycles. The van der Waals surface area contributed by atoms with Gasteiger partial charge >= 0.3 is 0 Å².